The molecule has 0 amide bonds. The third kappa shape index (κ3) is 2.17. The van der Waals surface area contributed by atoms with Crippen LogP contribution in [-0.4, -0.2) is 0 Å². The van der Waals surface area contributed by atoms with E-state index in [1.165, 1.54) is 11.8 Å². The van der Waals surface area contributed by atoms with Gasteiger partial charge >= 0.3 is 0 Å². The Hall–Kier alpha value is -0.250. The van der Waals surface area contributed by atoms with Gasteiger partial charge in [-0.15, -0.1) is 0 Å². The van der Waals surface area contributed by atoms with E-state index in [9.17, 15) is 0 Å². The summed E-state index contributed by atoms with van der Waals surface area (Å²) in [5.74, 6) is 1.14. The fraction of sp³-hybridized carbons (Fsp3) is 0. The molecule has 0 unspecified atom stereocenters. The van der Waals surface area contributed by atoms with Crippen LogP contribution in [0.2, 0.25) is 20.1 Å². The third-order valence-corrected chi connectivity index (χ3v) is 4.42. The number of hydrogen-bond acceptors (Lipinski definition) is 2. The zero-order valence-corrected chi connectivity index (χ0v) is 12.5. The molecule has 92 valence electrons. The molecule has 0 fully saturated rings. The lowest BCUT2D eigenvalue weighted by Crippen LogP contribution is -1.96. The van der Waals surface area contributed by atoms with Gasteiger partial charge < -0.3 is 4.74 Å². The summed E-state index contributed by atoms with van der Waals surface area (Å²) in [6.07, 6.45) is 0. The number of ether oxygens (including phenoxy) is 1. The van der Waals surface area contributed by atoms with Crippen molar-refractivity contribution < 1.29 is 4.74 Å². The third-order valence-electron chi connectivity index (χ3n) is 2.37. The van der Waals surface area contributed by atoms with Crippen molar-refractivity contribution in [2.24, 2.45) is 0 Å². The van der Waals surface area contributed by atoms with Crippen LogP contribution in [-0.2, 0) is 0 Å². The monoisotopic (exact) mass is 336 g/mol. The molecule has 1 heterocycles. The van der Waals surface area contributed by atoms with Gasteiger partial charge in [0, 0.05) is 10.0 Å². The van der Waals surface area contributed by atoms with Crippen molar-refractivity contribution in [2.75, 3.05) is 0 Å². The molecule has 1 nitrogen and oxygen atoms in total. The molecule has 6 heteroatoms. The van der Waals surface area contributed by atoms with Gasteiger partial charge in [0.2, 0.25) is 0 Å². The minimum atomic E-state index is 0.460. The predicted octanol–water partition coefficient (Wildman–Crippen LogP) is 6.56. The number of hydrogen-bond donors (Lipinski definition) is 0. The van der Waals surface area contributed by atoms with Gasteiger partial charge in [-0.25, -0.2) is 0 Å². The topological polar surface area (TPSA) is 9.23 Å². The molecule has 0 N–H and O–H groups in total. The molecule has 0 aromatic heterocycles. The first kappa shape index (κ1) is 12.8. The van der Waals surface area contributed by atoms with Crippen molar-refractivity contribution in [3.8, 4) is 11.5 Å². The summed E-state index contributed by atoms with van der Waals surface area (Å²) in [7, 11) is 0. The Morgan fingerprint density at radius 3 is 1.61 bits per heavy atom. The standard InChI is InChI=1S/C12H4Cl4OS/c13-5-1-7(15)11-9(3-5)18-10-4-6(14)2-8(16)12(10)17-11/h1-4H. The van der Waals surface area contributed by atoms with Gasteiger partial charge in [0.15, 0.2) is 11.5 Å². The van der Waals surface area contributed by atoms with E-state index in [1.54, 1.807) is 24.3 Å². The van der Waals surface area contributed by atoms with Gasteiger partial charge in [-0.05, 0) is 24.3 Å². The molecule has 0 atom stereocenters. The molecular weight excluding hydrogens is 334 g/mol. The van der Waals surface area contributed by atoms with Gasteiger partial charge in [-0.2, -0.15) is 0 Å². The van der Waals surface area contributed by atoms with Crippen LogP contribution in [0.15, 0.2) is 34.1 Å². The molecule has 18 heavy (non-hydrogen) atoms. The van der Waals surface area contributed by atoms with E-state index in [2.05, 4.69) is 0 Å². The van der Waals surface area contributed by atoms with E-state index < -0.39 is 0 Å². The van der Waals surface area contributed by atoms with Crippen LogP contribution in [0.5, 0.6) is 11.5 Å². The second kappa shape index (κ2) is 4.69. The van der Waals surface area contributed by atoms with Gasteiger partial charge in [-0.3, -0.25) is 0 Å². The van der Waals surface area contributed by atoms with Crippen LogP contribution in [0.4, 0.5) is 0 Å². The second-order valence-corrected chi connectivity index (χ2v) is 6.40. The van der Waals surface area contributed by atoms with E-state index in [-0.39, 0.29) is 0 Å². The Morgan fingerprint density at radius 2 is 1.17 bits per heavy atom. The predicted molar refractivity (Wildman–Crippen MR) is 77.1 cm³/mol. The Morgan fingerprint density at radius 1 is 0.722 bits per heavy atom. The summed E-state index contributed by atoms with van der Waals surface area (Å²) in [4.78, 5) is 1.69. The van der Waals surface area contributed by atoms with Gasteiger partial charge in [0.25, 0.3) is 0 Å². The van der Waals surface area contributed by atoms with Crippen molar-refractivity contribution >= 4 is 58.2 Å². The summed E-state index contributed by atoms with van der Waals surface area (Å²) in [5.41, 5.74) is 0. The minimum Gasteiger partial charge on any atom is -0.452 e. The van der Waals surface area contributed by atoms with E-state index >= 15 is 0 Å². The Labute approximate surface area is 128 Å². The number of benzene rings is 2. The smallest absolute Gasteiger partial charge is 0.160 e. The van der Waals surface area contributed by atoms with Crippen LogP contribution in [0, 0.1) is 0 Å². The van der Waals surface area contributed by atoms with Crippen molar-refractivity contribution in [3.05, 3.63) is 44.4 Å². The van der Waals surface area contributed by atoms with Crippen molar-refractivity contribution in [2.45, 2.75) is 9.79 Å². The SMILES string of the molecule is Clc1cc(Cl)c2c(c1)Sc1cc(Cl)cc(Cl)c1O2. The molecule has 1 aliphatic heterocycles. The molecule has 0 spiro atoms. The van der Waals surface area contributed by atoms with E-state index in [0.29, 0.717) is 31.6 Å². The summed E-state index contributed by atoms with van der Waals surface area (Å²) in [5, 5.41) is 2.04. The van der Waals surface area contributed by atoms with Gasteiger partial charge in [-0.1, -0.05) is 58.2 Å². The van der Waals surface area contributed by atoms with Gasteiger partial charge in [0.1, 0.15) is 0 Å². The number of halogens is 4. The zero-order valence-electron chi connectivity index (χ0n) is 8.64. The maximum Gasteiger partial charge on any atom is 0.160 e. The maximum atomic E-state index is 6.11. The van der Waals surface area contributed by atoms with Crippen LogP contribution in [0.1, 0.15) is 0 Å². The van der Waals surface area contributed by atoms with Crippen molar-refractivity contribution in [1.82, 2.24) is 0 Å². The fourth-order valence-corrected chi connectivity index (χ4v) is 4.05. The first-order valence-electron chi connectivity index (χ1n) is 4.88. The highest BCUT2D eigenvalue weighted by atomic mass is 35.5. The number of fused-ring (bicyclic) bond motifs is 2. The van der Waals surface area contributed by atoms with Crippen molar-refractivity contribution in [3.63, 3.8) is 0 Å². The minimum absolute atomic E-state index is 0.460. The quantitative estimate of drug-likeness (QED) is 0.459. The summed E-state index contributed by atoms with van der Waals surface area (Å²) < 4.78 is 5.75. The highest BCUT2D eigenvalue weighted by Crippen LogP contribution is 2.53. The average Bonchev–Trinajstić information content (AvgIpc) is 2.26. The maximum absolute atomic E-state index is 6.11. The lowest BCUT2D eigenvalue weighted by atomic mass is 10.3. The molecule has 2 aromatic carbocycles. The van der Waals surface area contributed by atoms with Crippen LogP contribution in [0.25, 0.3) is 0 Å². The van der Waals surface area contributed by atoms with E-state index in [4.69, 9.17) is 51.1 Å². The lowest BCUT2D eigenvalue weighted by Gasteiger charge is -2.21. The van der Waals surface area contributed by atoms with Crippen LogP contribution < -0.4 is 4.74 Å². The Bertz CT molecular complexity index is 602. The number of rotatable bonds is 0. The van der Waals surface area contributed by atoms with Crippen LogP contribution in [0.3, 0.4) is 0 Å². The normalized spacial score (nSPS) is 12.7. The molecule has 3 rings (SSSR count). The first-order chi connectivity index (χ1) is 8.54. The molecule has 0 aliphatic carbocycles. The fourth-order valence-electron chi connectivity index (χ4n) is 1.64. The Balaban J connectivity index is 2.18. The molecule has 0 saturated heterocycles. The molecule has 0 saturated carbocycles. The van der Waals surface area contributed by atoms with Crippen LogP contribution >= 0.6 is 58.2 Å². The zero-order chi connectivity index (χ0) is 12.9. The van der Waals surface area contributed by atoms with Crippen molar-refractivity contribution in [1.29, 1.82) is 0 Å². The highest BCUT2D eigenvalue weighted by molar-refractivity contribution is 7.99. The molecule has 1 aliphatic rings. The average molecular weight is 338 g/mol. The van der Waals surface area contributed by atoms with E-state index in [1.807, 2.05) is 0 Å². The second-order valence-electron chi connectivity index (χ2n) is 3.63. The first-order valence-corrected chi connectivity index (χ1v) is 7.21. The summed E-state index contributed by atoms with van der Waals surface area (Å²) in [6, 6.07) is 6.87. The molecular formula is C12H4Cl4OS. The van der Waals surface area contributed by atoms with Gasteiger partial charge in [0.05, 0.1) is 19.8 Å². The summed E-state index contributed by atoms with van der Waals surface area (Å²) in [6.45, 7) is 0. The molecule has 0 bridgehead atoms. The Kier molecular flexibility index (Phi) is 3.33. The highest BCUT2D eigenvalue weighted by Gasteiger charge is 2.23. The largest absolute Gasteiger partial charge is 0.452 e. The molecule has 2 aromatic rings. The van der Waals surface area contributed by atoms with E-state index in [0.717, 1.165) is 9.79 Å². The molecule has 0 radical (unpaired) electrons. The lowest BCUT2D eigenvalue weighted by molar-refractivity contribution is 0.455. The summed E-state index contributed by atoms with van der Waals surface area (Å²) >= 11 is 25.6.